The smallest absolute Gasteiger partial charge is 0.254 e. The Kier molecular flexibility index (Phi) is 6.83. The van der Waals surface area contributed by atoms with Crippen LogP contribution in [0.1, 0.15) is 28.4 Å². The summed E-state index contributed by atoms with van der Waals surface area (Å²) >= 11 is 1.67. The number of rotatable bonds is 4. The highest BCUT2D eigenvalue weighted by Crippen LogP contribution is 2.26. The molecule has 0 N–H and O–H groups in total. The van der Waals surface area contributed by atoms with E-state index in [-0.39, 0.29) is 11.8 Å². The summed E-state index contributed by atoms with van der Waals surface area (Å²) in [5, 5.41) is 0. The number of benzene rings is 2. The highest BCUT2D eigenvalue weighted by atomic mass is 32.2. The van der Waals surface area contributed by atoms with Crippen molar-refractivity contribution in [1.82, 2.24) is 14.7 Å². The van der Waals surface area contributed by atoms with Crippen molar-refractivity contribution in [1.29, 1.82) is 0 Å². The molecule has 2 aromatic carbocycles. The Bertz CT molecular complexity index is 940. The maximum absolute atomic E-state index is 13.1. The highest BCUT2D eigenvalue weighted by molar-refractivity contribution is 7.98. The molecule has 0 aliphatic carbocycles. The lowest BCUT2D eigenvalue weighted by molar-refractivity contribution is -0.130. The Labute approximate surface area is 188 Å². The molecule has 2 aliphatic heterocycles. The number of ether oxygens (including phenoxy) is 1. The van der Waals surface area contributed by atoms with Crippen molar-refractivity contribution < 1.29 is 14.3 Å². The zero-order chi connectivity index (χ0) is 21.8. The minimum absolute atomic E-state index is 0.0369. The summed E-state index contributed by atoms with van der Waals surface area (Å²) < 4.78 is 5.93. The quantitative estimate of drug-likeness (QED) is 0.686. The first-order valence-electron chi connectivity index (χ1n) is 10.7. The van der Waals surface area contributed by atoms with Crippen LogP contribution >= 0.6 is 11.8 Å². The fourth-order valence-electron chi connectivity index (χ4n) is 4.11. The topological polar surface area (TPSA) is 53.1 Å². The molecule has 2 amide bonds. The number of fused-ring (bicyclic) bond motifs is 1. The molecule has 4 rings (SSSR count). The van der Waals surface area contributed by atoms with Gasteiger partial charge in [0.05, 0.1) is 6.54 Å². The molecule has 0 bridgehead atoms. The molecule has 2 aromatic rings. The summed E-state index contributed by atoms with van der Waals surface area (Å²) in [4.78, 5) is 31.9. The first-order chi connectivity index (χ1) is 15.0. The minimum Gasteiger partial charge on any atom is -0.491 e. The molecule has 1 fully saturated rings. The number of hydrogen-bond acceptors (Lipinski definition) is 5. The zero-order valence-electron chi connectivity index (χ0n) is 18.2. The van der Waals surface area contributed by atoms with Crippen LogP contribution in [0.3, 0.4) is 0 Å². The summed E-state index contributed by atoms with van der Waals surface area (Å²) in [7, 11) is 0. The fourth-order valence-corrected chi connectivity index (χ4v) is 4.52. The molecule has 0 spiro atoms. The van der Waals surface area contributed by atoms with Crippen LogP contribution in [0.5, 0.6) is 5.75 Å². The van der Waals surface area contributed by atoms with Crippen molar-refractivity contribution in [3.63, 3.8) is 0 Å². The standard InChI is InChI=1S/C24H29N3O3S/c1-18(28)26-11-9-25(10-12-26)16-19-3-8-23-21(15-19)17-27(13-14-30-23)24(29)20-4-6-22(31-2)7-5-20/h3-8,15H,9-14,16-17H2,1-2H3. The van der Waals surface area contributed by atoms with Crippen LogP contribution in [-0.4, -0.2) is 72.1 Å². The monoisotopic (exact) mass is 439 g/mol. The van der Waals surface area contributed by atoms with Crippen LogP contribution < -0.4 is 4.74 Å². The average Bonchev–Trinajstić information content (AvgIpc) is 3.01. The maximum Gasteiger partial charge on any atom is 0.254 e. The molecular weight excluding hydrogens is 410 g/mol. The van der Waals surface area contributed by atoms with Gasteiger partial charge in [-0.2, -0.15) is 0 Å². The van der Waals surface area contributed by atoms with E-state index < -0.39 is 0 Å². The van der Waals surface area contributed by atoms with Gasteiger partial charge in [-0.05, 0) is 48.2 Å². The summed E-state index contributed by atoms with van der Waals surface area (Å²) in [6, 6.07) is 14.1. The van der Waals surface area contributed by atoms with Crippen LogP contribution in [0.25, 0.3) is 0 Å². The third-order valence-corrected chi connectivity index (χ3v) is 6.70. The van der Waals surface area contributed by atoms with Gasteiger partial charge in [-0.15, -0.1) is 11.8 Å². The largest absolute Gasteiger partial charge is 0.491 e. The number of nitrogens with zero attached hydrogens (tertiary/aromatic N) is 3. The Hall–Kier alpha value is -2.51. The highest BCUT2D eigenvalue weighted by Gasteiger charge is 2.23. The van der Waals surface area contributed by atoms with Crippen LogP contribution in [0.4, 0.5) is 0 Å². The second-order valence-electron chi connectivity index (χ2n) is 8.03. The number of carbonyl (C=O) groups excluding carboxylic acids is 2. The van der Waals surface area contributed by atoms with Crippen molar-refractivity contribution in [2.24, 2.45) is 0 Å². The lowest BCUT2D eigenvalue weighted by Crippen LogP contribution is -2.47. The van der Waals surface area contributed by atoms with Gasteiger partial charge in [-0.1, -0.05) is 6.07 Å². The third-order valence-electron chi connectivity index (χ3n) is 5.95. The number of hydrogen-bond donors (Lipinski definition) is 0. The number of piperazine rings is 1. The molecule has 2 heterocycles. The number of thioether (sulfide) groups is 1. The van der Waals surface area contributed by atoms with Crippen LogP contribution in [-0.2, 0) is 17.9 Å². The first kappa shape index (κ1) is 21.7. The van der Waals surface area contributed by atoms with E-state index in [9.17, 15) is 9.59 Å². The Morgan fingerprint density at radius 3 is 2.39 bits per heavy atom. The van der Waals surface area contributed by atoms with Gasteiger partial charge in [0, 0.05) is 62.2 Å². The average molecular weight is 440 g/mol. The Morgan fingerprint density at radius 1 is 0.968 bits per heavy atom. The van der Waals surface area contributed by atoms with E-state index in [0.717, 1.165) is 48.9 Å². The summed E-state index contributed by atoms with van der Waals surface area (Å²) in [5.74, 6) is 1.04. The predicted molar refractivity (Wildman–Crippen MR) is 122 cm³/mol. The lowest BCUT2D eigenvalue weighted by atomic mass is 10.1. The minimum atomic E-state index is 0.0369. The van der Waals surface area contributed by atoms with Crippen LogP contribution in [0.15, 0.2) is 47.4 Å². The van der Waals surface area contributed by atoms with E-state index in [4.69, 9.17) is 4.74 Å². The molecule has 0 radical (unpaired) electrons. The van der Waals surface area contributed by atoms with Crippen molar-refractivity contribution in [3.8, 4) is 5.75 Å². The van der Waals surface area contributed by atoms with E-state index in [1.165, 1.54) is 5.56 Å². The van der Waals surface area contributed by atoms with Crippen molar-refractivity contribution in [2.75, 3.05) is 45.6 Å². The SMILES string of the molecule is CSc1ccc(C(=O)N2CCOc3ccc(CN4CCN(C(C)=O)CC4)cc3C2)cc1. The summed E-state index contributed by atoms with van der Waals surface area (Å²) in [6.45, 7) is 7.39. The van der Waals surface area contributed by atoms with E-state index in [2.05, 4.69) is 17.0 Å². The van der Waals surface area contributed by atoms with E-state index in [1.807, 2.05) is 46.4 Å². The van der Waals surface area contributed by atoms with Crippen molar-refractivity contribution in [2.45, 2.75) is 24.9 Å². The number of carbonyl (C=O) groups is 2. The molecule has 31 heavy (non-hydrogen) atoms. The second-order valence-corrected chi connectivity index (χ2v) is 8.91. The molecule has 0 saturated carbocycles. The molecule has 0 unspecified atom stereocenters. The summed E-state index contributed by atoms with van der Waals surface area (Å²) in [6.07, 6.45) is 2.03. The normalized spacial score (nSPS) is 17.0. The molecule has 0 aromatic heterocycles. The second kappa shape index (κ2) is 9.75. The molecule has 2 aliphatic rings. The van der Waals surface area contributed by atoms with Crippen LogP contribution in [0, 0.1) is 0 Å². The molecule has 7 heteroatoms. The van der Waals surface area contributed by atoms with E-state index in [0.29, 0.717) is 25.3 Å². The first-order valence-corrected chi connectivity index (χ1v) is 11.9. The van der Waals surface area contributed by atoms with Gasteiger partial charge in [-0.3, -0.25) is 14.5 Å². The third kappa shape index (κ3) is 5.22. The molecule has 1 saturated heterocycles. The lowest BCUT2D eigenvalue weighted by Gasteiger charge is -2.34. The van der Waals surface area contributed by atoms with Crippen molar-refractivity contribution in [3.05, 3.63) is 59.2 Å². The molecule has 0 atom stereocenters. The zero-order valence-corrected chi connectivity index (χ0v) is 19.0. The Balaban J connectivity index is 1.44. The van der Waals surface area contributed by atoms with E-state index in [1.54, 1.807) is 18.7 Å². The van der Waals surface area contributed by atoms with Gasteiger partial charge < -0.3 is 14.5 Å². The predicted octanol–water partition coefficient (Wildman–Crippen LogP) is 3.11. The van der Waals surface area contributed by atoms with Gasteiger partial charge in [0.1, 0.15) is 12.4 Å². The van der Waals surface area contributed by atoms with Gasteiger partial charge in [-0.25, -0.2) is 0 Å². The van der Waals surface area contributed by atoms with Gasteiger partial charge in [0.15, 0.2) is 0 Å². The Morgan fingerprint density at radius 2 is 1.71 bits per heavy atom. The van der Waals surface area contributed by atoms with Gasteiger partial charge in [0.2, 0.25) is 5.91 Å². The van der Waals surface area contributed by atoms with Crippen LogP contribution in [0.2, 0.25) is 0 Å². The molecular formula is C24H29N3O3S. The van der Waals surface area contributed by atoms with Gasteiger partial charge >= 0.3 is 0 Å². The van der Waals surface area contributed by atoms with Crippen molar-refractivity contribution >= 4 is 23.6 Å². The fraction of sp³-hybridized carbons (Fsp3) is 0.417. The summed E-state index contributed by atoms with van der Waals surface area (Å²) in [5.41, 5.74) is 2.96. The molecule has 6 nitrogen and oxygen atoms in total. The maximum atomic E-state index is 13.1. The number of amides is 2. The van der Waals surface area contributed by atoms with Gasteiger partial charge in [0.25, 0.3) is 5.91 Å². The van der Waals surface area contributed by atoms with E-state index >= 15 is 0 Å². The molecule has 164 valence electrons.